The second-order valence-corrected chi connectivity index (χ2v) is 4.61. The molecule has 0 aromatic heterocycles. The number of hydrogen-bond acceptors (Lipinski definition) is 4. The molecule has 2 aromatic rings. The molecule has 0 unspecified atom stereocenters. The fourth-order valence-electron chi connectivity index (χ4n) is 1.85. The predicted octanol–water partition coefficient (Wildman–Crippen LogP) is 3.36. The van der Waals surface area contributed by atoms with Crippen LogP contribution in [0.15, 0.2) is 53.7 Å². The summed E-state index contributed by atoms with van der Waals surface area (Å²) in [6.07, 6.45) is 0.614. The highest BCUT2D eigenvalue weighted by atomic mass is 16.5. The van der Waals surface area contributed by atoms with Gasteiger partial charge in [0.2, 0.25) is 0 Å². The summed E-state index contributed by atoms with van der Waals surface area (Å²) in [7, 11) is 0. The molecule has 0 atom stereocenters. The second-order valence-electron chi connectivity index (χ2n) is 4.61. The summed E-state index contributed by atoms with van der Waals surface area (Å²) in [4.78, 5) is 0. The van der Waals surface area contributed by atoms with E-state index in [1.54, 1.807) is 25.1 Å². The SMILES string of the molecule is C/C(Cc1ccc(OCc2cccc(O)c2)cc1)=N/O. The van der Waals surface area contributed by atoms with Crippen molar-refractivity contribution in [1.82, 2.24) is 0 Å². The Kier molecular flexibility index (Phi) is 4.60. The molecule has 2 rings (SSSR count). The Morgan fingerprint density at radius 2 is 1.85 bits per heavy atom. The maximum absolute atomic E-state index is 9.37. The highest BCUT2D eigenvalue weighted by molar-refractivity contribution is 5.83. The molecular weight excluding hydrogens is 254 g/mol. The number of nitrogens with zero attached hydrogens (tertiary/aromatic N) is 1. The number of hydrogen-bond donors (Lipinski definition) is 2. The molecule has 0 aliphatic carbocycles. The number of phenols is 1. The summed E-state index contributed by atoms with van der Waals surface area (Å²) in [5, 5.41) is 21.1. The molecule has 0 radical (unpaired) electrons. The Hall–Kier alpha value is -2.49. The number of oxime groups is 1. The lowest BCUT2D eigenvalue weighted by molar-refractivity contribution is 0.305. The Bertz CT molecular complexity index is 591. The van der Waals surface area contributed by atoms with Crippen LogP contribution in [0.5, 0.6) is 11.5 Å². The van der Waals surface area contributed by atoms with Crippen LogP contribution in [0.2, 0.25) is 0 Å². The van der Waals surface area contributed by atoms with Crippen LogP contribution in [0.25, 0.3) is 0 Å². The Morgan fingerprint density at radius 1 is 1.10 bits per heavy atom. The molecule has 20 heavy (non-hydrogen) atoms. The van der Waals surface area contributed by atoms with Crippen molar-refractivity contribution in [1.29, 1.82) is 0 Å². The predicted molar refractivity (Wildman–Crippen MR) is 77.5 cm³/mol. The lowest BCUT2D eigenvalue weighted by Gasteiger charge is -2.07. The third-order valence-corrected chi connectivity index (χ3v) is 2.87. The third-order valence-electron chi connectivity index (χ3n) is 2.87. The number of rotatable bonds is 5. The average molecular weight is 271 g/mol. The minimum absolute atomic E-state index is 0.236. The van der Waals surface area contributed by atoms with Crippen molar-refractivity contribution in [2.24, 2.45) is 5.16 Å². The first-order chi connectivity index (χ1) is 9.67. The third kappa shape index (κ3) is 4.02. The van der Waals surface area contributed by atoms with Crippen molar-refractivity contribution in [3.8, 4) is 11.5 Å². The molecule has 4 nitrogen and oxygen atoms in total. The zero-order valence-corrected chi connectivity index (χ0v) is 11.3. The van der Waals surface area contributed by atoms with Crippen LogP contribution >= 0.6 is 0 Å². The molecular formula is C16H17NO3. The zero-order chi connectivity index (χ0) is 14.4. The molecule has 0 bridgehead atoms. The first-order valence-electron chi connectivity index (χ1n) is 6.34. The molecule has 0 fully saturated rings. The van der Waals surface area contributed by atoms with Gasteiger partial charge >= 0.3 is 0 Å². The molecule has 4 heteroatoms. The van der Waals surface area contributed by atoms with Gasteiger partial charge in [-0.1, -0.05) is 29.4 Å². The molecule has 0 amide bonds. The standard InChI is InChI=1S/C16H17NO3/c1-12(17-19)9-13-5-7-16(8-6-13)20-11-14-3-2-4-15(18)10-14/h2-8,10,18-19H,9,11H2,1H3/b17-12-. The largest absolute Gasteiger partial charge is 0.508 e. The summed E-state index contributed by atoms with van der Waals surface area (Å²) in [5.41, 5.74) is 2.64. The van der Waals surface area contributed by atoms with Crippen molar-refractivity contribution in [3.05, 3.63) is 59.7 Å². The van der Waals surface area contributed by atoms with Crippen molar-refractivity contribution >= 4 is 5.71 Å². The monoisotopic (exact) mass is 271 g/mol. The van der Waals surface area contributed by atoms with E-state index in [1.807, 2.05) is 30.3 Å². The number of ether oxygens (including phenoxy) is 1. The van der Waals surface area contributed by atoms with E-state index in [0.717, 1.165) is 16.9 Å². The smallest absolute Gasteiger partial charge is 0.119 e. The van der Waals surface area contributed by atoms with Gasteiger partial charge in [0, 0.05) is 6.42 Å². The van der Waals surface area contributed by atoms with E-state index in [1.165, 1.54) is 0 Å². The van der Waals surface area contributed by atoms with E-state index < -0.39 is 0 Å². The van der Waals surface area contributed by atoms with Gasteiger partial charge in [0.1, 0.15) is 18.1 Å². The van der Waals surface area contributed by atoms with Gasteiger partial charge in [-0.15, -0.1) is 0 Å². The molecule has 0 heterocycles. The summed E-state index contributed by atoms with van der Waals surface area (Å²) in [6.45, 7) is 2.18. The van der Waals surface area contributed by atoms with E-state index in [-0.39, 0.29) is 5.75 Å². The first-order valence-corrected chi connectivity index (χ1v) is 6.34. The maximum Gasteiger partial charge on any atom is 0.119 e. The van der Waals surface area contributed by atoms with Crippen molar-refractivity contribution in [3.63, 3.8) is 0 Å². The van der Waals surface area contributed by atoms with Crippen LogP contribution in [0, 0.1) is 0 Å². The quantitative estimate of drug-likeness (QED) is 0.498. The fraction of sp³-hybridized carbons (Fsp3) is 0.188. The Morgan fingerprint density at radius 3 is 2.50 bits per heavy atom. The van der Waals surface area contributed by atoms with Gasteiger partial charge < -0.3 is 15.1 Å². The number of aromatic hydroxyl groups is 1. The zero-order valence-electron chi connectivity index (χ0n) is 11.3. The number of benzene rings is 2. The summed E-state index contributed by atoms with van der Waals surface area (Å²) in [5.74, 6) is 0.996. The molecule has 2 N–H and O–H groups in total. The van der Waals surface area contributed by atoms with E-state index in [4.69, 9.17) is 9.94 Å². The minimum Gasteiger partial charge on any atom is -0.508 e. The van der Waals surface area contributed by atoms with Crippen LogP contribution < -0.4 is 4.74 Å². The van der Waals surface area contributed by atoms with Crippen molar-refractivity contribution in [2.75, 3.05) is 0 Å². The Balaban J connectivity index is 1.94. The molecule has 0 saturated carbocycles. The summed E-state index contributed by atoms with van der Waals surface area (Å²) < 4.78 is 5.64. The van der Waals surface area contributed by atoms with Crippen molar-refractivity contribution < 1.29 is 15.1 Å². The van der Waals surface area contributed by atoms with Gasteiger partial charge in [0.05, 0.1) is 5.71 Å². The Labute approximate surface area is 117 Å². The van der Waals surface area contributed by atoms with Gasteiger partial charge in [0.25, 0.3) is 0 Å². The van der Waals surface area contributed by atoms with E-state index in [2.05, 4.69) is 5.16 Å². The highest BCUT2D eigenvalue weighted by Crippen LogP contribution is 2.16. The molecule has 0 saturated heterocycles. The summed E-state index contributed by atoms with van der Waals surface area (Å²) >= 11 is 0. The highest BCUT2D eigenvalue weighted by Gasteiger charge is 2.00. The average Bonchev–Trinajstić information content (AvgIpc) is 2.46. The van der Waals surface area contributed by atoms with E-state index >= 15 is 0 Å². The molecule has 0 aliphatic heterocycles. The minimum atomic E-state index is 0.236. The normalized spacial score (nSPS) is 11.3. The summed E-state index contributed by atoms with van der Waals surface area (Å²) in [6, 6.07) is 14.6. The fourth-order valence-corrected chi connectivity index (χ4v) is 1.85. The van der Waals surface area contributed by atoms with E-state index in [0.29, 0.717) is 18.7 Å². The topological polar surface area (TPSA) is 62.0 Å². The van der Waals surface area contributed by atoms with E-state index in [9.17, 15) is 5.11 Å². The van der Waals surface area contributed by atoms with Crippen molar-refractivity contribution in [2.45, 2.75) is 20.0 Å². The van der Waals surface area contributed by atoms with Gasteiger partial charge in [0.15, 0.2) is 0 Å². The molecule has 0 aliphatic rings. The van der Waals surface area contributed by atoms with Gasteiger partial charge in [-0.25, -0.2) is 0 Å². The van der Waals surface area contributed by atoms with Crippen LogP contribution in [-0.2, 0) is 13.0 Å². The van der Waals surface area contributed by atoms with Gasteiger partial charge in [-0.3, -0.25) is 0 Å². The maximum atomic E-state index is 9.37. The van der Waals surface area contributed by atoms with Crippen LogP contribution in [0.4, 0.5) is 0 Å². The second kappa shape index (κ2) is 6.61. The molecule has 0 spiro atoms. The number of phenolic OH excluding ortho intramolecular Hbond substituents is 1. The lowest BCUT2D eigenvalue weighted by atomic mass is 10.1. The first kappa shape index (κ1) is 13.9. The van der Waals surface area contributed by atoms with Crippen LogP contribution in [0.3, 0.4) is 0 Å². The van der Waals surface area contributed by atoms with Crippen LogP contribution in [-0.4, -0.2) is 16.0 Å². The van der Waals surface area contributed by atoms with Crippen LogP contribution in [0.1, 0.15) is 18.1 Å². The van der Waals surface area contributed by atoms with Gasteiger partial charge in [-0.05, 0) is 42.3 Å². The van der Waals surface area contributed by atoms with Gasteiger partial charge in [-0.2, -0.15) is 0 Å². The molecule has 104 valence electrons. The lowest BCUT2D eigenvalue weighted by Crippen LogP contribution is -1.98. The molecule has 2 aromatic carbocycles.